The summed E-state index contributed by atoms with van der Waals surface area (Å²) in [4.78, 5) is 11.8. The molecule has 2 rings (SSSR count). The maximum atomic E-state index is 11.8. The van der Waals surface area contributed by atoms with Crippen molar-refractivity contribution in [1.29, 1.82) is 5.26 Å². The van der Waals surface area contributed by atoms with Crippen LogP contribution < -0.4 is 5.56 Å². The molecule has 0 atom stereocenters. The van der Waals surface area contributed by atoms with Crippen LogP contribution in [0.25, 0.3) is 0 Å². The van der Waals surface area contributed by atoms with Gasteiger partial charge < -0.3 is 4.57 Å². The van der Waals surface area contributed by atoms with Gasteiger partial charge in [0.2, 0.25) is 0 Å². The van der Waals surface area contributed by atoms with E-state index in [1.165, 1.54) is 5.56 Å². The fourth-order valence-electron chi connectivity index (χ4n) is 1.90. The summed E-state index contributed by atoms with van der Waals surface area (Å²) in [5.74, 6) is 0. The Morgan fingerprint density at radius 2 is 1.89 bits per heavy atom. The zero-order chi connectivity index (χ0) is 12.8. The monoisotopic (exact) mass is 238 g/mol. The minimum atomic E-state index is -0.201. The van der Waals surface area contributed by atoms with Crippen molar-refractivity contribution in [2.45, 2.75) is 19.4 Å². The van der Waals surface area contributed by atoms with Gasteiger partial charge in [0.05, 0.1) is 0 Å². The van der Waals surface area contributed by atoms with Gasteiger partial charge in [-0.1, -0.05) is 30.3 Å². The van der Waals surface area contributed by atoms with Crippen LogP contribution in [0.4, 0.5) is 0 Å². The molecule has 3 heteroatoms. The Morgan fingerprint density at radius 1 is 1.11 bits per heavy atom. The number of nitrogens with zero attached hydrogens (tertiary/aromatic N) is 2. The van der Waals surface area contributed by atoms with Crippen LogP contribution in [0.1, 0.15) is 17.5 Å². The van der Waals surface area contributed by atoms with Gasteiger partial charge in [-0.3, -0.25) is 4.79 Å². The van der Waals surface area contributed by atoms with E-state index in [1.807, 2.05) is 24.3 Å². The SMILES string of the molecule is N#Cc1cccn(CCCc2ccccc2)c1=O. The van der Waals surface area contributed by atoms with E-state index in [0.29, 0.717) is 6.54 Å². The molecule has 0 radical (unpaired) electrons. The van der Waals surface area contributed by atoms with Crippen molar-refractivity contribution in [1.82, 2.24) is 4.57 Å². The van der Waals surface area contributed by atoms with Gasteiger partial charge in [0.15, 0.2) is 0 Å². The molecule has 18 heavy (non-hydrogen) atoms. The maximum absolute atomic E-state index is 11.8. The largest absolute Gasteiger partial charge is 0.314 e. The molecule has 0 unspecified atom stereocenters. The normalized spacial score (nSPS) is 9.94. The molecule has 2 aromatic rings. The number of aryl methyl sites for hydroxylation is 2. The molecule has 0 spiro atoms. The van der Waals surface area contributed by atoms with Crippen LogP contribution in [0.15, 0.2) is 53.5 Å². The second-order valence-corrected chi connectivity index (χ2v) is 4.12. The first kappa shape index (κ1) is 12.1. The van der Waals surface area contributed by atoms with Crippen LogP contribution in [0.5, 0.6) is 0 Å². The summed E-state index contributed by atoms with van der Waals surface area (Å²) < 4.78 is 1.60. The van der Waals surface area contributed by atoms with Crippen molar-refractivity contribution < 1.29 is 0 Å². The first-order valence-electron chi connectivity index (χ1n) is 5.95. The van der Waals surface area contributed by atoms with Crippen LogP contribution in [0.2, 0.25) is 0 Å². The van der Waals surface area contributed by atoms with Gasteiger partial charge in [0.25, 0.3) is 5.56 Å². The molecule has 0 aliphatic rings. The Bertz CT molecular complexity index is 608. The molecule has 0 N–H and O–H groups in total. The number of rotatable bonds is 4. The third-order valence-corrected chi connectivity index (χ3v) is 2.85. The lowest BCUT2D eigenvalue weighted by atomic mass is 10.1. The van der Waals surface area contributed by atoms with Crippen molar-refractivity contribution in [3.05, 3.63) is 70.1 Å². The number of aromatic nitrogens is 1. The Hall–Kier alpha value is -2.34. The molecule has 1 aromatic carbocycles. The van der Waals surface area contributed by atoms with Crippen LogP contribution in [0, 0.1) is 11.3 Å². The highest BCUT2D eigenvalue weighted by Gasteiger charge is 2.01. The standard InChI is InChI=1S/C15H14N2O/c16-12-14-9-5-11-17(15(14)18)10-4-8-13-6-2-1-3-7-13/h1-3,5-7,9,11H,4,8,10H2. The van der Waals surface area contributed by atoms with Gasteiger partial charge in [-0.05, 0) is 30.5 Å². The molecule has 90 valence electrons. The highest BCUT2D eigenvalue weighted by atomic mass is 16.1. The minimum absolute atomic E-state index is 0.201. The summed E-state index contributed by atoms with van der Waals surface area (Å²) in [7, 11) is 0. The molecule has 1 heterocycles. The van der Waals surface area contributed by atoms with Crippen molar-refractivity contribution in [3.63, 3.8) is 0 Å². The van der Waals surface area contributed by atoms with Gasteiger partial charge >= 0.3 is 0 Å². The smallest absolute Gasteiger partial charge is 0.268 e. The quantitative estimate of drug-likeness (QED) is 0.820. The Morgan fingerprint density at radius 3 is 2.61 bits per heavy atom. The van der Waals surface area contributed by atoms with E-state index < -0.39 is 0 Å². The van der Waals surface area contributed by atoms with E-state index in [-0.39, 0.29) is 11.1 Å². The van der Waals surface area contributed by atoms with Crippen molar-refractivity contribution in [2.75, 3.05) is 0 Å². The number of pyridine rings is 1. The highest BCUT2D eigenvalue weighted by Crippen LogP contribution is 2.03. The molecule has 0 amide bonds. The summed E-state index contributed by atoms with van der Waals surface area (Å²) in [5, 5.41) is 8.78. The molecule has 0 bridgehead atoms. The number of benzene rings is 1. The summed E-state index contributed by atoms with van der Waals surface area (Å²) in [6, 6.07) is 15.4. The van der Waals surface area contributed by atoms with E-state index in [9.17, 15) is 4.79 Å². The van der Waals surface area contributed by atoms with E-state index >= 15 is 0 Å². The molecule has 0 saturated heterocycles. The molecule has 0 saturated carbocycles. The second kappa shape index (κ2) is 5.83. The van der Waals surface area contributed by atoms with E-state index in [4.69, 9.17) is 5.26 Å². The van der Waals surface area contributed by atoms with Crippen LogP contribution in [0.3, 0.4) is 0 Å². The maximum Gasteiger partial charge on any atom is 0.268 e. The zero-order valence-electron chi connectivity index (χ0n) is 10.0. The predicted octanol–water partition coefficient (Wildman–Crippen LogP) is 2.35. The number of nitriles is 1. The lowest BCUT2D eigenvalue weighted by Crippen LogP contribution is -2.21. The molecule has 0 fully saturated rings. The zero-order valence-corrected chi connectivity index (χ0v) is 10.0. The number of hydrogen-bond acceptors (Lipinski definition) is 2. The van der Waals surface area contributed by atoms with Crippen LogP contribution in [-0.4, -0.2) is 4.57 Å². The predicted molar refractivity (Wildman–Crippen MR) is 70.2 cm³/mol. The van der Waals surface area contributed by atoms with Gasteiger partial charge in [-0.2, -0.15) is 5.26 Å². The minimum Gasteiger partial charge on any atom is -0.314 e. The van der Waals surface area contributed by atoms with E-state index in [1.54, 1.807) is 22.9 Å². The summed E-state index contributed by atoms with van der Waals surface area (Å²) in [6.45, 7) is 0.642. The number of hydrogen-bond donors (Lipinski definition) is 0. The second-order valence-electron chi connectivity index (χ2n) is 4.12. The lowest BCUT2D eigenvalue weighted by molar-refractivity contribution is 0.621. The molecule has 0 aliphatic heterocycles. The third-order valence-electron chi connectivity index (χ3n) is 2.85. The average Bonchev–Trinajstić information content (AvgIpc) is 2.42. The van der Waals surface area contributed by atoms with E-state index in [2.05, 4.69) is 12.1 Å². The molecule has 1 aromatic heterocycles. The topological polar surface area (TPSA) is 45.8 Å². The first-order valence-corrected chi connectivity index (χ1v) is 5.95. The highest BCUT2D eigenvalue weighted by molar-refractivity contribution is 5.25. The van der Waals surface area contributed by atoms with Gasteiger partial charge in [0.1, 0.15) is 11.6 Å². The molecular weight excluding hydrogens is 224 g/mol. The average molecular weight is 238 g/mol. The lowest BCUT2D eigenvalue weighted by Gasteiger charge is -2.05. The van der Waals surface area contributed by atoms with Crippen LogP contribution >= 0.6 is 0 Å². The first-order chi connectivity index (χ1) is 8.81. The summed E-state index contributed by atoms with van der Waals surface area (Å²) in [6.07, 6.45) is 3.55. The van der Waals surface area contributed by atoms with Crippen LogP contribution in [-0.2, 0) is 13.0 Å². The fourth-order valence-corrected chi connectivity index (χ4v) is 1.90. The van der Waals surface area contributed by atoms with Crippen molar-refractivity contribution in [3.8, 4) is 6.07 Å². The van der Waals surface area contributed by atoms with Gasteiger partial charge in [-0.25, -0.2) is 0 Å². The molecule has 0 aliphatic carbocycles. The third kappa shape index (κ3) is 2.86. The summed E-state index contributed by atoms with van der Waals surface area (Å²) >= 11 is 0. The Kier molecular flexibility index (Phi) is 3.93. The Balaban J connectivity index is 2.00. The molecular formula is C15H14N2O. The summed E-state index contributed by atoms with van der Waals surface area (Å²) in [5.41, 5.74) is 1.27. The van der Waals surface area contributed by atoms with E-state index in [0.717, 1.165) is 12.8 Å². The van der Waals surface area contributed by atoms with Gasteiger partial charge in [0, 0.05) is 12.7 Å². The molecule has 3 nitrogen and oxygen atoms in total. The van der Waals surface area contributed by atoms with Gasteiger partial charge in [-0.15, -0.1) is 0 Å². The van der Waals surface area contributed by atoms with Crippen molar-refractivity contribution in [2.24, 2.45) is 0 Å². The fraction of sp³-hybridized carbons (Fsp3) is 0.200. The Labute approximate surface area is 106 Å². The van der Waals surface area contributed by atoms with Crippen molar-refractivity contribution >= 4 is 0 Å².